The van der Waals surface area contributed by atoms with E-state index in [1.54, 1.807) is 10.8 Å². The first-order valence-corrected chi connectivity index (χ1v) is 10.9. The Morgan fingerprint density at radius 3 is 2.29 bits per heavy atom. The highest BCUT2D eigenvalue weighted by atomic mass is 16.1. The van der Waals surface area contributed by atoms with Gasteiger partial charge in [-0.3, -0.25) is 4.79 Å². The van der Waals surface area contributed by atoms with E-state index < -0.39 is 0 Å². The fraction of sp³-hybridized carbons (Fsp3) is 0.269. The molecule has 3 aromatic rings. The molecule has 5 nitrogen and oxygen atoms in total. The van der Waals surface area contributed by atoms with Gasteiger partial charge in [0.1, 0.15) is 11.6 Å². The van der Waals surface area contributed by atoms with Gasteiger partial charge in [0.25, 0.3) is 5.91 Å². The average molecular weight is 411 g/mol. The van der Waals surface area contributed by atoms with Crippen LogP contribution in [0.1, 0.15) is 44.1 Å². The van der Waals surface area contributed by atoms with Crippen molar-refractivity contribution in [2.75, 3.05) is 0 Å². The van der Waals surface area contributed by atoms with Crippen molar-refractivity contribution in [1.29, 1.82) is 5.26 Å². The molecule has 1 fully saturated rings. The fourth-order valence-corrected chi connectivity index (χ4v) is 4.02. The highest BCUT2D eigenvalue weighted by molar-refractivity contribution is 6.02. The lowest BCUT2D eigenvalue weighted by Gasteiger charge is -2.15. The second kappa shape index (κ2) is 9.90. The molecule has 1 aliphatic rings. The van der Waals surface area contributed by atoms with Crippen molar-refractivity contribution < 1.29 is 4.79 Å². The van der Waals surface area contributed by atoms with Gasteiger partial charge in [-0.15, -0.1) is 0 Å². The lowest BCUT2D eigenvalue weighted by molar-refractivity contribution is -0.117. The van der Waals surface area contributed by atoms with Crippen molar-refractivity contribution in [3.63, 3.8) is 0 Å². The molecule has 156 valence electrons. The number of nitrogens with zero attached hydrogens (tertiary/aromatic N) is 3. The van der Waals surface area contributed by atoms with Crippen molar-refractivity contribution in [3.8, 4) is 23.0 Å². The zero-order valence-corrected chi connectivity index (χ0v) is 17.5. The molecule has 2 aromatic carbocycles. The largest absolute Gasteiger partial charge is 0.349 e. The predicted molar refractivity (Wildman–Crippen MR) is 122 cm³/mol. The third-order valence-electron chi connectivity index (χ3n) is 5.67. The second-order valence-corrected chi connectivity index (χ2v) is 7.91. The molecule has 31 heavy (non-hydrogen) atoms. The lowest BCUT2D eigenvalue weighted by atomic mass is 10.0. The SMILES string of the molecule is N#C/C(=C/c1cn(-c2ccccc2)nc1-c1ccccc1)C(=O)NC1CCCCCC1. The standard InChI is InChI=1S/C26H26N4O/c27-18-21(26(31)28-23-13-7-1-2-8-14-23)17-22-19-30(24-15-9-4-10-16-24)29-25(22)20-11-5-3-6-12-20/h3-6,9-12,15-17,19,23H,1-2,7-8,13-14H2,(H,28,31)/b21-17-. The molecule has 0 spiro atoms. The predicted octanol–water partition coefficient (Wildman–Crippen LogP) is 5.29. The zero-order valence-electron chi connectivity index (χ0n) is 17.5. The molecular formula is C26H26N4O. The molecule has 1 amide bonds. The minimum absolute atomic E-state index is 0.106. The van der Waals surface area contributed by atoms with Crippen LogP contribution >= 0.6 is 0 Å². The van der Waals surface area contributed by atoms with E-state index in [0.29, 0.717) is 0 Å². The second-order valence-electron chi connectivity index (χ2n) is 7.91. The number of carbonyl (C=O) groups is 1. The topological polar surface area (TPSA) is 70.7 Å². The van der Waals surface area contributed by atoms with Crippen LogP contribution in [-0.2, 0) is 4.79 Å². The Labute approximate surface area is 183 Å². The molecule has 5 heteroatoms. The summed E-state index contributed by atoms with van der Waals surface area (Å²) in [5.74, 6) is -0.305. The Hall–Kier alpha value is -3.65. The van der Waals surface area contributed by atoms with Crippen molar-refractivity contribution in [3.05, 3.63) is 78.0 Å². The van der Waals surface area contributed by atoms with Gasteiger partial charge in [0, 0.05) is 23.4 Å². The quantitative estimate of drug-likeness (QED) is 0.353. The van der Waals surface area contributed by atoms with Gasteiger partial charge >= 0.3 is 0 Å². The van der Waals surface area contributed by atoms with Gasteiger partial charge in [-0.2, -0.15) is 10.4 Å². The molecule has 0 bridgehead atoms. The van der Waals surface area contributed by atoms with E-state index in [1.807, 2.05) is 66.9 Å². The van der Waals surface area contributed by atoms with Crippen molar-refractivity contribution in [1.82, 2.24) is 15.1 Å². The first kappa shape index (κ1) is 20.6. The number of carbonyl (C=O) groups excluding carboxylic acids is 1. The van der Waals surface area contributed by atoms with Crippen molar-refractivity contribution >= 4 is 12.0 Å². The third kappa shape index (κ3) is 5.10. The minimum atomic E-state index is -0.305. The summed E-state index contributed by atoms with van der Waals surface area (Å²) in [7, 11) is 0. The third-order valence-corrected chi connectivity index (χ3v) is 5.67. The van der Waals surface area contributed by atoms with Crippen LogP contribution in [0, 0.1) is 11.3 Å². The number of para-hydroxylation sites is 1. The molecule has 0 saturated heterocycles. The Balaban J connectivity index is 1.67. The molecule has 1 N–H and O–H groups in total. The summed E-state index contributed by atoms with van der Waals surface area (Å²) >= 11 is 0. The molecule has 1 aliphatic carbocycles. The maximum Gasteiger partial charge on any atom is 0.262 e. The van der Waals surface area contributed by atoms with E-state index in [0.717, 1.165) is 48.2 Å². The molecular weight excluding hydrogens is 384 g/mol. The van der Waals surface area contributed by atoms with Crippen LogP contribution in [-0.4, -0.2) is 21.7 Å². The van der Waals surface area contributed by atoms with Crippen LogP contribution in [0.3, 0.4) is 0 Å². The van der Waals surface area contributed by atoms with Crippen LogP contribution in [0.5, 0.6) is 0 Å². The monoisotopic (exact) mass is 410 g/mol. The molecule has 0 atom stereocenters. The molecule has 0 aliphatic heterocycles. The van der Waals surface area contributed by atoms with E-state index >= 15 is 0 Å². The summed E-state index contributed by atoms with van der Waals surface area (Å²) < 4.78 is 1.78. The molecule has 1 aromatic heterocycles. The van der Waals surface area contributed by atoms with Gasteiger partial charge < -0.3 is 5.32 Å². The number of amides is 1. The Bertz CT molecular complexity index is 1090. The van der Waals surface area contributed by atoms with E-state index in [1.165, 1.54) is 12.8 Å². The summed E-state index contributed by atoms with van der Waals surface area (Å²) in [6, 6.07) is 21.9. The van der Waals surface area contributed by atoms with E-state index in [9.17, 15) is 10.1 Å². The van der Waals surface area contributed by atoms with Gasteiger partial charge in [0.2, 0.25) is 0 Å². The highest BCUT2D eigenvalue weighted by Crippen LogP contribution is 2.26. The number of benzene rings is 2. The molecule has 0 radical (unpaired) electrons. The van der Waals surface area contributed by atoms with Gasteiger partial charge in [0.05, 0.1) is 11.4 Å². The summed E-state index contributed by atoms with van der Waals surface area (Å²) in [6.45, 7) is 0. The Morgan fingerprint density at radius 1 is 1.00 bits per heavy atom. The Kier molecular flexibility index (Phi) is 6.59. The van der Waals surface area contributed by atoms with Crippen LogP contribution in [0.15, 0.2) is 72.4 Å². The average Bonchev–Trinajstić information content (AvgIpc) is 3.07. The zero-order chi connectivity index (χ0) is 21.5. The minimum Gasteiger partial charge on any atom is -0.349 e. The van der Waals surface area contributed by atoms with E-state index in [2.05, 4.69) is 11.4 Å². The smallest absolute Gasteiger partial charge is 0.262 e. The molecule has 0 unspecified atom stereocenters. The van der Waals surface area contributed by atoms with Crippen molar-refractivity contribution in [2.24, 2.45) is 0 Å². The molecule has 1 saturated carbocycles. The summed E-state index contributed by atoms with van der Waals surface area (Å²) in [5.41, 5.74) is 3.43. The summed E-state index contributed by atoms with van der Waals surface area (Å²) in [4.78, 5) is 12.9. The number of nitriles is 1. The first-order valence-electron chi connectivity index (χ1n) is 10.9. The molecule has 4 rings (SSSR count). The van der Waals surface area contributed by atoms with Crippen LogP contribution in [0.2, 0.25) is 0 Å². The normalized spacial score (nSPS) is 15.1. The van der Waals surface area contributed by atoms with Crippen LogP contribution in [0.25, 0.3) is 23.0 Å². The van der Waals surface area contributed by atoms with Gasteiger partial charge in [-0.25, -0.2) is 4.68 Å². The van der Waals surface area contributed by atoms with Gasteiger partial charge in [0.15, 0.2) is 0 Å². The van der Waals surface area contributed by atoms with Crippen LogP contribution in [0.4, 0.5) is 0 Å². The molecule has 1 heterocycles. The summed E-state index contributed by atoms with van der Waals surface area (Å²) in [6.07, 6.45) is 10.2. The van der Waals surface area contributed by atoms with E-state index in [4.69, 9.17) is 5.10 Å². The number of nitrogens with one attached hydrogen (secondary N) is 1. The van der Waals surface area contributed by atoms with Gasteiger partial charge in [-0.1, -0.05) is 74.2 Å². The van der Waals surface area contributed by atoms with Crippen molar-refractivity contribution in [2.45, 2.75) is 44.6 Å². The number of aromatic nitrogens is 2. The maximum atomic E-state index is 12.9. The Morgan fingerprint density at radius 2 is 1.65 bits per heavy atom. The van der Waals surface area contributed by atoms with E-state index in [-0.39, 0.29) is 17.5 Å². The summed E-state index contributed by atoms with van der Waals surface area (Å²) in [5, 5.41) is 17.5. The van der Waals surface area contributed by atoms with Gasteiger partial charge in [-0.05, 0) is 31.1 Å². The number of rotatable bonds is 5. The highest BCUT2D eigenvalue weighted by Gasteiger charge is 2.19. The van der Waals surface area contributed by atoms with Crippen LogP contribution < -0.4 is 5.32 Å². The fourth-order valence-electron chi connectivity index (χ4n) is 4.02. The maximum absolute atomic E-state index is 12.9. The first-order chi connectivity index (χ1) is 15.2. The number of hydrogen-bond acceptors (Lipinski definition) is 3. The number of hydrogen-bond donors (Lipinski definition) is 1. The lowest BCUT2D eigenvalue weighted by Crippen LogP contribution is -2.35.